The average Bonchev–Trinajstić information content (AvgIpc) is 2.54. The van der Waals surface area contributed by atoms with Crippen LogP contribution in [-0.4, -0.2) is 17.6 Å². The van der Waals surface area contributed by atoms with Crippen LogP contribution >= 0.6 is 0 Å². The molecule has 3 aromatic rings. The number of carbonyl (C=O) groups excluding carboxylic acids is 1. The van der Waals surface area contributed by atoms with Crippen molar-refractivity contribution in [1.29, 1.82) is 0 Å². The standard InChI is InChI=1S/C18H17NO2/c1-2-3-12-21-18(20)15-8-4-6-13-9-10-14-7-5-11-19-17(14)16(13)15/h4-11H,2-3,12H2,1H3. The maximum Gasteiger partial charge on any atom is 0.338 e. The van der Waals surface area contributed by atoms with Crippen LogP contribution < -0.4 is 0 Å². The van der Waals surface area contributed by atoms with E-state index in [2.05, 4.69) is 11.9 Å². The van der Waals surface area contributed by atoms with Crippen molar-refractivity contribution in [2.45, 2.75) is 19.8 Å². The fourth-order valence-corrected chi connectivity index (χ4v) is 2.47. The number of esters is 1. The third kappa shape index (κ3) is 2.59. The highest BCUT2D eigenvalue weighted by Crippen LogP contribution is 2.27. The lowest BCUT2D eigenvalue weighted by Crippen LogP contribution is -2.07. The second-order valence-corrected chi connectivity index (χ2v) is 5.03. The van der Waals surface area contributed by atoms with E-state index in [-0.39, 0.29) is 5.97 Å². The molecule has 0 aliphatic rings. The molecule has 3 heteroatoms. The van der Waals surface area contributed by atoms with Crippen LogP contribution in [0.1, 0.15) is 30.1 Å². The van der Waals surface area contributed by atoms with Crippen LogP contribution in [-0.2, 0) is 4.74 Å². The summed E-state index contributed by atoms with van der Waals surface area (Å²) in [6.45, 7) is 2.53. The van der Waals surface area contributed by atoms with Crippen LogP contribution in [0.25, 0.3) is 21.7 Å². The van der Waals surface area contributed by atoms with Gasteiger partial charge in [0.2, 0.25) is 0 Å². The largest absolute Gasteiger partial charge is 0.462 e. The van der Waals surface area contributed by atoms with Crippen LogP contribution in [0, 0.1) is 0 Å². The second-order valence-electron chi connectivity index (χ2n) is 5.03. The van der Waals surface area contributed by atoms with Gasteiger partial charge in [-0.05, 0) is 23.9 Å². The molecule has 0 atom stereocenters. The van der Waals surface area contributed by atoms with Crippen molar-refractivity contribution in [3.63, 3.8) is 0 Å². The first kappa shape index (κ1) is 13.6. The van der Waals surface area contributed by atoms with Crippen LogP contribution in [0.15, 0.2) is 48.7 Å². The molecule has 0 saturated heterocycles. The second kappa shape index (κ2) is 5.92. The fourth-order valence-electron chi connectivity index (χ4n) is 2.47. The van der Waals surface area contributed by atoms with Crippen LogP contribution in [0.5, 0.6) is 0 Å². The van der Waals surface area contributed by atoms with Gasteiger partial charge in [-0.2, -0.15) is 0 Å². The number of pyridine rings is 1. The number of fused-ring (bicyclic) bond motifs is 3. The van der Waals surface area contributed by atoms with Crippen molar-refractivity contribution in [1.82, 2.24) is 4.98 Å². The summed E-state index contributed by atoms with van der Waals surface area (Å²) in [7, 11) is 0. The number of unbranched alkanes of at least 4 members (excludes halogenated alkanes) is 1. The van der Waals surface area contributed by atoms with Gasteiger partial charge in [-0.1, -0.05) is 43.7 Å². The first-order chi connectivity index (χ1) is 10.3. The first-order valence-corrected chi connectivity index (χ1v) is 7.25. The molecule has 3 nitrogen and oxygen atoms in total. The molecule has 3 rings (SSSR count). The highest BCUT2D eigenvalue weighted by Gasteiger charge is 2.14. The van der Waals surface area contributed by atoms with E-state index < -0.39 is 0 Å². The molecular formula is C18H17NO2. The molecule has 0 radical (unpaired) electrons. The van der Waals surface area contributed by atoms with E-state index >= 15 is 0 Å². The Morgan fingerprint density at radius 2 is 1.90 bits per heavy atom. The molecule has 0 amide bonds. The van der Waals surface area contributed by atoms with Crippen molar-refractivity contribution in [3.05, 3.63) is 54.2 Å². The monoisotopic (exact) mass is 279 g/mol. The lowest BCUT2D eigenvalue weighted by molar-refractivity contribution is 0.0502. The van der Waals surface area contributed by atoms with Gasteiger partial charge >= 0.3 is 5.97 Å². The first-order valence-electron chi connectivity index (χ1n) is 7.25. The minimum atomic E-state index is -0.271. The van der Waals surface area contributed by atoms with Crippen LogP contribution in [0.3, 0.4) is 0 Å². The maximum absolute atomic E-state index is 12.3. The van der Waals surface area contributed by atoms with Crippen molar-refractivity contribution >= 4 is 27.6 Å². The number of ether oxygens (including phenoxy) is 1. The highest BCUT2D eigenvalue weighted by atomic mass is 16.5. The van der Waals surface area contributed by atoms with Gasteiger partial charge in [-0.15, -0.1) is 0 Å². The third-order valence-corrected chi connectivity index (χ3v) is 3.57. The van der Waals surface area contributed by atoms with Gasteiger partial charge in [0.15, 0.2) is 0 Å². The molecule has 1 aromatic heterocycles. The van der Waals surface area contributed by atoms with Gasteiger partial charge in [0, 0.05) is 17.0 Å². The zero-order valence-corrected chi connectivity index (χ0v) is 12.0. The van der Waals surface area contributed by atoms with Gasteiger partial charge < -0.3 is 4.74 Å². The number of benzene rings is 2. The molecule has 1 heterocycles. The number of hydrogen-bond acceptors (Lipinski definition) is 3. The summed E-state index contributed by atoms with van der Waals surface area (Å²) < 4.78 is 5.36. The predicted octanol–water partition coefficient (Wildman–Crippen LogP) is 4.34. The Labute approximate surface area is 123 Å². The molecule has 0 saturated carbocycles. The van der Waals surface area contributed by atoms with Crippen LogP contribution in [0.4, 0.5) is 0 Å². The zero-order chi connectivity index (χ0) is 14.7. The summed E-state index contributed by atoms with van der Waals surface area (Å²) in [6.07, 6.45) is 3.64. The maximum atomic E-state index is 12.3. The van der Waals surface area contributed by atoms with E-state index in [0.29, 0.717) is 12.2 Å². The molecular weight excluding hydrogens is 262 g/mol. The number of aromatic nitrogens is 1. The Morgan fingerprint density at radius 1 is 1.10 bits per heavy atom. The summed E-state index contributed by atoms with van der Waals surface area (Å²) in [5.41, 5.74) is 1.44. The van der Waals surface area contributed by atoms with E-state index in [0.717, 1.165) is 34.5 Å². The molecule has 0 aliphatic heterocycles. The third-order valence-electron chi connectivity index (χ3n) is 3.57. The smallest absolute Gasteiger partial charge is 0.338 e. The van der Waals surface area contributed by atoms with Gasteiger partial charge in [-0.25, -0.2) is 4.79 Å². The van der Waals surface area contributed by atoms with Crippen molar-refractivity contribution in [2.75, 3.05) is 6.61 Å². The van der Waals surface area contributed by atoms with Gasteiger partial charge in [0.05, 0.1) is 17.7 Å². The topological polar surface area (TPSA) is 39.2 Å². The number of nitrogens with zero attached hydrogens (tertiary/aromatic N) is 1. The molecule has 2 aromatic carbocycles. The van der Waals surface area contributed by atoms with Gasteiger partial charge in [0.1, 0.15) is 0 Å². The van der Waals surface area contributed by atoms with E-state index in [1.165, 1.54) is 0 Å². The van der Waals surface area contributed by atoms with Crippen molar-refractivity contribution in [3.8, 4) is 0 Å². The summed E-state index contributed by atoms with van der Waals surface area (Å²) in [5.74, 6) is -0.271. The van der Waals surface area contributed by atoms with Gasteiger partial charge in [-0.3, -0.25) is 4.98 Å². The Kier molecular flexibility index (Phi) is 3.82. The molecule has 0 unspecified atom stereocenters. The molecule has 0 fully saturated rings. The average molecular weight is 279 g/mol. The Bertz CT molecular complexity index is 795. The fraction of sp³-hybridized carbons (Fsp3) is 0.222. The minimum Gasteiger partial charge on any atom is -0.462 e. The molecule has 0 bridgehead atoms. The lowest BCUT2D eigenvalue weighted by Gasteiger charge is -2.09. The van der Waals surface area contributed by atoms with E-state index in [1.807, 2.05) is 42.5 Å². The molecule has 0 aliphatic carbocycles. The summed E-state index contributed by atoms with van der Waals surface area (Å²) >= 11 is 0. The summed E-state index contributed by atoms with van der Waals surface area (Å²) in [5, 5.41) is 2.90. The molecule has 0 N–H and O–H groups in total. The number of rotatable bonds is 4. The SMILES string of the molecule is CCCCOC(=O)c1cccc2ccc3cccnc3c12. The normalized spacial score (nSPS) is 10.9. The van der Waals surface area contributed by atoms with Crippen molar-refractivity contribution in [2.24, 2.45) is 0 Å². The summed E-state index contributed by atoms with van der Waals surface area (Å²) in [4.78, 5) is 16.8. The molecule has 106 valence electrons. The quantitative estimate of drug-likeness (QED) is 0.405. The number of hydrogen-bond donors (Lipinski definition) is 0. The Morgan fingerprint density at radius 3 is 2.76 bits per heavy atom. The van der Waals surface area contributed by atoms with E-state index in [9.17, 15) is 4.79 Å². The summed E-state index contributed by atoms with van der Waals surface area (Å²) in [6, 6.07) is 13.6. The Hall–Kier alpha value is -2.42. The van der Waals surface area contributed by atoms with E-state index in [1.54, 1.807) is 6.20 Å². The van der Waals surface area contributed by atoms with Crippen molar-refractivity contribution < 1.29 is 9.53 Å². The molecule has 0 spiro atoms. The zero-order valence-electron chi connectivity index (χ0n) is 12.0. The predicted molar refractivity (Wildman–Crippen MR) is 84.4 cm³/mol. The minimum absolute atomic E-state index is 0.271. The lowest BCUT2D eigenvalue weighted by atomic mass is 10.0. The van der Waals surface area contributed by atoms with Crippen LogP contribution in [0.2, 0.25) is 0 Å². The highest BCUT2D eigenvalue weighted by molar-refractivity contribution is 6.15. The van der Waals surface area contributed by atoms with Gasteiger partial charge in [0.25, 0.3) is 0 Å². The Balaban J connectivity index is 2.13. The van der Waals surface area contributed by atoms with E-state index in [4.69, 9.17) is 4.74 Å². The molecule has 21 heavy (non-hydrogen) atoms. The number of carbonyl (C=O) groups is 1.